The number of nitrogens with zero attached hydrogens (tertiary/aromatic N) is 3. The third kappa shape index (κ3) is 3.42. The Labute approximate surface area is 108 Å². The normalized spacial score (nSPS) is 13.6. The summed E-state index contributed by atoms with van der Waals surface area (Å²) < 4.78 is 32.8. The van der Waals surface area contributed by atoms with Crippen LogP contribution in [0.25, 0.3) is 0 Å². The minimum atomic E-state index is -3.27. The van der Waals surface area contributed by atoms with Gasteiger partial charge in [-0.05, 0) is 20.3 Å². The van der Waals surface area contributed by atoms with Gasteiger partial charge in [0.25, 0.3) is 0 Å². The third-order valence-electron chi connectivity index (χ3n) is 2.46. The molecule has 0 aliphatic heterocycles. The van der Waals surface area contributed by atoms with Crippen molar-refractivity contribution in [3.8, 4) is 6.01 Å². The third-order valence-corrected chi connectivity index (χ3v) is 4.12. The Bertz CT molecular complexity index is 483. The van der Waals surface area contributed by atoms with Crippen molar-refractivity contribution >= 4 is 10.0 Å². The molecule has 0 aliphatic rings. The molecule has 0 saturated heterocycles. The molecule has 1 rings (SSSR count). The average Bonchev–Trinajstić information content (AvgIpc) is 2.70. The summed E-state index contributed by atoms with van der Waals surface area (Å²) in [6.07, 6.45) is 0.575. The first kappa shape index (κ1) is 14.9. The van der Waals surface area contributed by atoms with Crippen molar-refractivity contribution in [3.05, 3.63) is 5.82 Å². The van der Waals surface area contributed by atoms with Gasteiger partial charge in [-0.15, -0.1) is 5.10 Å². The van der Waals surface area contributed by atoms with Gasteiger partial charge in [-0.1, -0.05) is 12.0 Å². The van der Waals surface area contributed by atoms with Crippen LogP contribution in [0.15, 0.2) is 0 Å². The monoisotopic (exact) mass is 276 g/mol. The van der Waals surface area contributed by atoms with E-state index < -0.39 is 16.1 Å². The number of aromatic nitrogens is 3. The van der Waals surface area contributed by atoms with Crippen LogP contribution in [0.2, 0.25) is 0 Å². The standard InChI is InChI=1S/C10H20N4O3S/c1-5-7-18(15,16)13-8(3)9-11-12-10(17-4)14(9)6-2/h8,13H,5-7H2,1-4H3/t8-/m1/s1. The molecule has 1 atom stereocenters. The lowest BCUT2D eigenvalue weighted by molar-refractivity contribution is 0.354. The SMILES string of the molecule is CCCS(=O)(=O)N[C@H](C)c1nnc(OC)n1CC. The van der Waals surface area contributed by atoms with E-state index in [1.54, 1.807) is 11.5 Å². The fourth-order valence-corrected chi connectivity index (χ4v) is 3.02. The Kier molecular flexibility index (Phi) is 5.09. The molecular formula is C10H20N4O3S. The molecule has 0 fully saturated rings. The lowest BCUT2D eigenvalue weighted by atomic mass is 10.3. The van der Waals surface area contributed by atoms with Gasteiger partial charge in [-0.25, -0.2) is 13.1 Å². The number of sulfonamides is 1. The van der Waals surface area contributed by atoms with Crippen molar-refractivity contribution in [1.82, 2.24) is 19.5 Å². The summed E-state index contributed by atoms with van der Waals surface area (Å²) in [5, 5.41) is 7.82. The van der Waals surface area contributed by atoms with Gasteiger partial charge in [0.2, 0.25) is 10.0 Å². The zero-order valence-corrected chi connectivity index (χ0v) is 12.0. The zero-order valence-electron chi connectivity index (χ0n) is 11.2. The van der Waals surface area contributed by atoms with E-state index >= 15 is 0 Å². The smallest absolute Gasteiger partial charge is 0.316 e. The van der Waals surface area contributed by atoms with Crippen LogP contribution < -0.4 is 9.46 Å². The van der Waals surface area contributed by atoms with Crippen molar-refractivity contribution in [1.29, 1.82) is 0 Å². The van der Waals surface area contributed by atoms with Gasteiger partial charge in [0.1, 0.15) is 0 Å². The van der Waals surface area contributed by atoms with E-state index in [1.165, 1.54) is 7.11 Å². The van der Waals surface area contributed by atoms with Crippen LogP contribution in [0.4, 0.5) is 0 Å². The molecule has 104 valence electrons. The van der Waals surface area contributed by atoms with Crippen LogP contribution in [0, 0.1) is 0 Å². The zero-order chi connectivity index (χ0) is 13.8. The summed E-state index contributed by atoms with van der Waals surface area (Å²) in [6, 6.07) is -0.0491. The molecule has 7 nitrogen and oxygen atoms in total. The van der Waals surface area contributed by atoms with E-state index in [0.717, 1.165) is 0 Å². The topological polar surface area (TPSA) is 86.1 Å². The maximum absolute atomic E-state index is 11.7. The maximum atomic E-state index is 11.7. The molecule has 0 spiro atoms. The molecule has 0 radical (unpaired) electrons. The lowest BCUT2D eigenvalue weighted by Crippen LogP contribution is -2.30. The summed E-state index contributed by atoms with van der Waals surface area (Å²) in [7, 11) is -1.77. The predicted molar refractivity (Wildman–Crippen MR) is 67.9 cm³/mol. The number of hydrogen-bond donors (Lipinski definition) is 1. The quantitative estimate of drug-likeness (QED) is 0.792. The van der Waals surface area contributed by atoms with Gasteiger partial charge in [-0.2, -0.15) is 0 Å². The molecule has 0 aliphatic carbocycles. The van der Waals surface area contributed by atoms with Gasteiger partial charge in [0, 0.05) is 6.54 Å². The highest BCUT2D eigenvalue weighted by atomic mass is 32.2. The average molecular weight is 276 g/mol. The summed E-state index contributed by atoms with van der Waals surface area (Å²) in [5.41, 5.74) is 0. The molecule has 0 bridgehead atoms. The van der Waals surface area contributed by atoms with Gasteiger partial charge < -0.3 is 4.74 Å². The maximum Gasteiger partial charge on any atom is 0.316 e. The lowest BCUT2D eigenvalue weighted by Gasteiger charge is -2.14. The van der Waals surface area contributed by atoms with E-state index in [4.69, 9.17) is 4.74 Å². The number of methoxy groups -OCH3 is 1. The number of ether oxygens (including phenoxy) is 1. The summed E-state index contributed by atoms with van der Waals surface area (Å²) in [6.45, 7) is 6.10. The van der Waals surface area contributed by atoms with Crippen LogP contribution in [-0.2, 0) is 16.6 Å². The van der Waals surface area contributed by atoms with Gasteiger partial charge in [-0.3, -0.25) is 4.57 Å². The predicted octanol–water partition coefficient (Wildman–Crippen LogP) is 0.697. The number of hydrogen-bond acceptors (Lipinski definition) is 5. The van der Waals surface area contributed by atoms with E-state index in [9.17, 15) is 8.42 Å². The fraction of sp³-hybridized carbons (Fsp3) is 0.800. The Hall–Kier alpha value is -1.15. The van der Waals surface area contributed by atoms with E-state index in [0.29, 0.717) is 24.8 Å². The molecule has 1 heterocycles. The van der Waals surface area contributed by atoms with Crippen LogP contribution in [0.5, 0.6) is 6.01 Å². The Morgan fingerprint density at radius 1 is 1.39 bits per heavy atom. The summed E-state index contributed by atoms with van der Waals surface area (Å²) >= 11 is 0. The first-order valence-corrected chi connectivity index (χ1v) is 7.57. The molecule has 18 heavy (non-hydrogen) atoms. The Morgan fingerprint density at radius 2 is 2.06 bits per heavy atom. The minimum absolute atomic E-state index is 0.106. The second-order valence-corrected chi connectivity index (χ2v) is 5.82. The van der Waals surface area contributed by atoms with Crippen LogP contribution in [0.3, 0.4) is 0 Å². The van der Waals surface area contributed by atoms with E-state index in [-0.39, 0.29) is 5.75 Å². The molecule has 8 heteroatoms. The molecule has 0 unspecified atom stereocenters. The Morgan fingerprint density at radius 3 is 2.56 bits per heavy atom. The van der Waals surface area contributed by atoms with E-state index in [2.05, 4.69) is 14.9 Å². The largest absolute Gasteiger partial charge is 0.467 e. The highest BCUT2D eigenvalue weighted by Gasteiger charge is 2.21. The van der Waals surface area contributed by atoms with Gasteiger partial charge in [0.05, 0.1) is 18.9 Å². The highest BCUT2D eigenvalue weighted by Crippen LogP contribution is 2.17. The highest BCUT2D eigenvalue weighted by molar-refractivity contribution is 7.89. The molecule has 1 N–H and O–H groups in total. The molecule has 0 saturated carbocycles. The first-order valence-electron chi connectivity index (χ1n) is 5.92. The second kappa shape index (κ2) is 6.14. The molecule has 0 amide bonds. The fourth-order valence-electron chi connectivity index (χ4n) is 1.72. The van der Waals surface area contributed by atoms with Crippen LogP contribution in [0.1, 0.15) is 39.1 Å². The molecule has 1 aromatic heterocycles. The summed E-state index contributed by atoms with van der Waals surface area (Å²) in [4.78, 5) is 0. The molecule has 1 aromatic rings. The number of nitrogens with one attached hydrogen (secondary N) is 1. The first-order chi connectivity index (χ1) is 8.45. The van der Waals surface area contributed by atoms with Gasteiger partial charge in [0.15, 0.2) is 5.82 Å². The van der Waals surface area contributed by atoms with Crippen molar-refractivity contribution in [2.24, 2.45) is 0 Å². The molecular weight excluding hydrogens is 256 g/mol. The van der Waals surface area contributed by atoms with Crippen LogP contribution >= 0.6 is 0 Å². The minimum Gasteiger partial charge on any atom is -0.467 e. The van der Waals surface area contributed by atoms with E-state index in [1.807, 2.05) is 13.8 Å². The number of rotatable bonds is 7. The van der Waals surface area contributed by atoms with Crippen LogP contribution in [-0.4, -0.2) is 36.0 Å². The molecule has 0 aromatic carbocycles. The van der Waals surface area contributed by atoms with Crippen molar-refractivity contribution in [2.75, 3.05) is 12.9 Å². The van der Waals surface area contributed by atoms with Gasteiger partial charge >= 0.3 is 6.01 Å². The van der Waals surface area contributed by atoms with Crippen molar-refractivity contribution < 1.29 is 13.2 Å². The van der Waals surface area contributed by atoms with Crippen molar-refractivity contribution in [2.45, 2.75) is 39.8 Å². The summed E-state index contributed by atoms with van der Waals surface area (Å²) in [5.74, 6) is 0.656. The second-order valence-electron chi connectivity index (χ2n) is 3.95. The van der Waals surface area contributed by atoms with Crippen molar-refractivity contribution in [3.63, 3.8) is 0 Å². The Balaban J connectivity index is 2.91.